The van der Waals surface area contributed by atoms with Crippen molar-refractivity contribution in [2.24, 2.45) is 5.92 Å². The van der Waals surface area contributed by atoms with Gasteiger partial charge in [0.25, 0.3) is 0 Å². The van der Waals surface area contributed by atoms with Gasteiger partial charge in [-0.1, -0.05) is 12.1 Å². The minimum absolute atomic E-state index is 0.192. The largest absolute Gasteiger partial charge is 0.497 e. The topological polar surface area (TPSA) is 37.7 Å². The van der Waals surface area contributed by atoms with Gasteiger partial charge in [0.15, 0.2) is 10.8 Å². The van der Waals surface area contributed by atoms with Gasteiger partial charge in [-0.25, -0.2) is 0 Å². The zero-order chi connectivity index (χ0) is 14.4. The molecule has 1 aromatic carbocycles. The van der Waals surface area contributed by atoms with E-state index in [9.17, 15) is 0 Å². The van der Waals surface area contributed by atoms with E-state index >= 15 is 0 Å². The summed E-state index contributed by atoms with van der Waals surface area (Å²) in [6.07, 6.45) is 2.55. The summed E-state index contributed by atoms with van der Waals surface area (Å²) >= 11 is 5.43. The second-order valence-corrected chi connectivity index (χ2v) is 6.42. The van der Waals surface area contributed by atoms with E-state index in [4.69, 9.17) is 17.0 Å². The van der Waals surface area contributed by atoms with E-state index in [-0.39, 0.29) is 6.04 Å². The summed E-state index contributed by atoms with van der Waals surface area (Å²) in [6.45, 7) is 2.48. The lowest BCUT2D eigenvalue weighted by atomic mass is 9.83. The molecule has 0 aliphatic carbocycles. The number of ether oxygens (including phenoxy) is 1. The van der Waals surface area contributed by atoms with Crippen molar-refractivity contribution in [1.82, 2.24) is 10.6 Å². The fourth-order valence-electron chi connectivity index (χ4n) is 3.87. The normalized spacial score (nSPS) is 30.5. The number of piperidine rings is 1. The van der Waals surface area contributed by atoms with E-state index in [1.807, 2.05) is 12.1 Å². The van der Waals surface area contributed by atoms with Crippen molar-refractivity contribution in [1.29, 1.82) is 0 Å². The predicted molar refractivity (Wildman–Crippen MR) is 85.1 cm³/mol. The van der Waals surface area contributed by atoms with Gasteiger partial charge in [0.05, 0.1) is 25.9 Å². The molecule has 2 bridgehead atoms. The minimum atomic E-state index is 0.192. The first-order chi connectivity index (χ1) is 10.3. The third-order valence-electron chi connectivity index (χ3n) is 4.93. The van der Waals surface area contributed by atoms with E-state index in [2.05, 4.69) is 22.8 Å². The number of rotatable bonds is 2. The zero-order valence-corrected chi connectivity index (χ0v) is 12.9. The lowest BCUT2D eigenvalue weighted by molar-refractivity contribution is -0.875. The summed E-state index contributed by atoms with van der Waals surface area (Å²) in [7, 11) is 1.70. The van der Waals surface area contributed by atoms with E-state index in [1.165, 1.54) is 42.9 Å². The molecule has 1 saturated heterocycles. The molecule has 1 atom stereocenters. The second kappa shape index (κ2) is 5.00. The molecule has 0 radical (unpaired) electrons. The van der Waals surface area contributed by atoms with Gasteiger partial charge in [-0.05, 0) is 29.9 Å². The third-order valence-corrected chi connectivity index (χ3v) is 5.15. The van der Waals surface area contributed by atoms with Gasteiger partial charge in [-0.3, -0.25) is 0 Å². The number of methoxy groups -OCH3 is 1. The molecular formula is C16H20N3OS+. The molecule has 4 heterocycles. The Bertz CT molecular complexity index is 602. The lowest BCUT2D eigenvalue weighted by Crippen LogP contribution is -3.14. The third kappa shape index (κ3) is 2.12. The van der Waals surface area contributed by atoms with Crippen LogP contribution < -0.4 is 20.3 Å². The van der Waals surface area contributed by atoms with Crippen LogP contribution in [0.3, 0.4) is 0 Å². The van der Waals surface area contributed by atoms with Gasteiger partial charge < -0.3 is 20.3 Å². The number of benzene rings is 1. The summed E-state index contributed by atoms with van der Waals surface area (Å²) in [6, 6.07) is 8.51. The number of hydrogen-bond acceptors (Lipinski definition) is 2. The van der Waals surface area contributed by atoms with Crippen LogP contribution in [-0.4, -0.2) is 25.3 Å². The number of quaternary nitrogens is 1. The molecule has 21 heavy (non-hydrogen) atoms. The molecule has 0 spiro atoms. The van der Waals surface area contributed by atoms with Crippen LogP contribution in [0, 0.1) is 5.92 Å². The molecule has 0 amide bonds. The molecule has 1 unspecified atom stereocenters. The molecule has 4 nitrogen and oxygen atoms in total. The summed E-state index contributed by atoms with van der Waals surface area (Å²) < 4.78 is 5.26. The first kappa shape index (κ1) is 13.1. The van der Waals surface area contributed by atoms with Crippen molar-refractivity contribution in [2.75, 3.05) is 20.2 Å². The molecule has 4 aliphatic heterocycles. The van der Waals surface area contributed by atoms with Crippen LogP contribution in [0.15, 0.2) is 35.7 Å². The number of nitrogens with one attached hydrogen (secondary N) is 3. The maximum atomic E-state index is 5.43. The highest BCUT2D eigenvalue weighted by Crippen LogP contribution is 2.33. The zero-order valence-electron chi connectivity index (χ0n) is 12.1. The van der Waals surface area contributed by atoms with E-state index in [0.717, 1.165) is 10.9 Å². The van der Waals surface area contributed by atoms with Gasteiger partial charge in [0.1, 0.15) is 11.8 Å². The van der Waals surface area contributed by atoms with Gasteiger partial charge >= 0.3 is 0 Å². The Kier molecular flexibility index (Phi) is 3.12. The molecule has 0 saturated carbocycles. The van der Waals surface area contributed by atoms with Crippen LogP contribution in [-0.2, 0) is 0 Å². The van der Waals surface area contributed by atoms with Gasteiger partial charge in [0, 0.05) is 18.8 Å². The van der Waals surface area contributed by atoms with Crippen LogP contribution in [0.5, 0.6) is 5.75 Å². The maximum absolute atomic E-state index is 5.43. The van der Waals surface area contributed by atoms with Crippen molar-refractivity contribution in [3.8, 4) is 5.75 Å². The molecule has 0 aromatic heterocycles. The van der Waals surface area contributed by atoms with E-state index in [0.29, 0.717) is 5.92 Å². The van der Waals surface area contributed by atoms with Crippen LogP contribution in [0.4, 0.5) is 0 Å². The SMILES string of the molecule is COc1ccc(C2NC(=S)NC3=C2[NH+]2CCC3CC2)cc1. The molecule has 5 rings (SSSR count). The predicted octanol–water partition coefficient (Wildman–Crippen LogP) is 0.734. The van der Waals surface area contributed by atoms with E-state index in [1.54, 1.807) is 12.0 Å². The Morgan fingerprint density at radius 1 is 1.19 bits per heavy atom. The van der Waals surface area contributed by atoms with Crippen molar-refractivity contribution in [3.05, 3.63) is 41.2 Å². The minimum Gasteiger partial charge on any atom is -0.497 e. The smallest absolute Gasteiger partial charge is 0.171 e. The fraction of sp³-hybridized carbons (Fsp3) is 0.438. The van der Waals surface area contributed by atoms with Crippen molar-refractivity contribution < 1.29 is 9.64 Å². The van der Waals surface area contributed by atoms with Crippen LogP contribution in [0.25, 0.3) is 0 Å². The number of hydrogen-bond donors (Lipinski definition) is 3. The van der Waals surface area contributed by atoms with Crippen molar-refractivity contribution in [3.63, 3.8) is 0 Å². The highest BCUT2D eigenvalue weighted by molar-refractivity contribution is 7.80. The second-order valence-electron chi connectivity index (χ2n) is 6.01. The number of allylic oxidation sites excluding steroid dienone is 1. The Morgan fingerprint density at radius 3 is 2.57 bits per heavy atom. The van der Waals surface area contributed by atoms with Crippen LogP contribution in [0.2, 0.25) is 0 Å². The number of fused-ring (bicyclic) bond motifs is 2. The van der Waals surface area contributed by atoms with Crippen molar-refractivity contribution >= 4 is 17.3 Å². The Balaban J connectivity index is 1.76. The standard InChI is InChI=1S/C16H19N3OS/c1-20-12-4-2-10(3-5-12)13-15-14(18-16(21)17-13)11-6-8-19(15)9-7-11/h2-5,11,13H,6-9H2,1H3,(H2,17,18,21)/p+1. The Labute approximate surface area is 130 Å². The summed E-state index contributed by atoms with van der Waals surface area (Å²) in [5.74, 6) is 1.56. The van der Waals surface area contributed by atoms with Crippen molar-refractivity contribution in [2.45, 2.75) is 18.9 Å². The molecular weight excluding hydrogens is 282 g/mol. The fourth-order valence-corrected chi connectivity index (χ4v) is 4.10. The Hall–Kier alpha value is -1.59. The quantitative estimate of drug-likeness (QED) is 0.704. The van der Waals surface area contributed by atoms with E-state index < -0.39 is 0 Å². The number of thiocarbonyl (C=S) groups is 1. The monoisotopic (exact) mass is 302 g/mol. The maximum Gasteiger partial charge on any atom is 0.171 e. The van der Waals surface area contributed by atoms with Gasteiger partial charge in [-0.2, -0.15) is 0 Å². The molecule has 1 fully saturated rings. The van der Waals surface area contributed by atoms with Gasteiger partial charge in [0.2, 0.25) is 0 Å². The molecule has 5 heteroatoms. The molecule has 1 aromatic rings. The van der Waals surface area contributed by atoms with Crippen LogP contribution >= 0.6 is 12.2 Å². The Morgan fingerprint density at radius 2 is 1.90 bits per heavy atom. The molecule has 3 N–H and O–H groups in total. The molecule has 4 aliphatic rings. The highest BCUT2D eigenvalue weighted by atomic mass is 32.1. The first-order valence-electron chi connectivity index (χ1n) is 7.57. The van der Waals surface area contributed by atoms with Gasteiger partial charge in [-0.15, -0.1) is 0 Å². The first-order valence-corrected chi connectivity index (χ1v) is 7.97. The summed E-state index contributed by atoms with van der Waals surface area (Å²) in [4.78, 5) is 1.61. The average Bonchev–Trinajstić information content (AvgIpc) is 2.55. The average molecular weight is 302 g/mol. The summed E-state index contributed by atoms with van der Waals surface area (Å²) in [5.41, 5.74) is 4.11. The molecule has 110 valence electrons. The highest BCUT2D eigenvalue weighted by Gasteiger charge is 2.44. The summed E-state index contributed by atoms with van der Waals surface area (Å²) in [5, 5.41) is 7.63. The lowest BCUT2D eigenvalue weighted by Gasteiger charge is -2.44. The van der Waals surface area contributed by atoms with Crippen LogP contribution in [0.1, 0.15) is 24.4 Å².